The molecule has 0 aliphatic carbocycles. The molecule has 1 saturated heterocycles. The number of hydrogen-bond donors (Lipinski definition) is 0. The second-order valence-electron chi connectivity index (χ2n) is 8.04. The zero-order chi connectivity index (χ0) is 21.1. The fourth-order valence-corrected chi connectivity index (χ4v) is 4.67. The Bertz CT molecular complexity index is 946. The second kappa shape index (κ2) is 9.19. The van der Waals surface area contributed by atoms with Crippen LogP contribution in [0.15, 0.2) is 53.6 Å². The van der Waals surface area contributed by atoms with Crippen LogP contribution in [0, 0.1) is 0 Å². The molecule has 2 aromatic carbocycles. The number of benzene rings is 2. The number of hydrogen-bond acceptors (Lipinski definition) is 4. The molecule has 2 aromatic rings. The van der Waals surface area contributed by atoms with Gasteiger partial charge >= 0.3 is 0 Å². The molecule has 0 radical (unpaired) electrons. The highest BCUT2D eigenvalue weighted by Gasteiger charge is 2.36. The minimum atomic E-state index is -0.216. The number of methoxy groups -OCH3 is 1. The van der Waals surface area contributed by atoms with Crippen LogP contribution in [-0.2, 0) is 4.79 Å². The van der Waals surface area contributed by atoms with Gasteiger partial charge in [0.2, 0.25) is 0 Å². The molecule has 2 heterocycles. The molecule has 2 aliphatic rings. The number of para-hydroxylation sites is 1. The van der Waals surface area contributed by atoms with Crippen molar-refractivity contribution in [2.75, 3.05) is 20.2 Å². The highest BCUT2D eigenvalue weighted by atomic mass is 35.5. The molecular weight excluding hydrogens is 398 g/mol. The SMILES string of the molecule is COc1ccccc1C1=NN(C(=O)CN2CCCC[C@@H]2C)[C@H](c2ccccc2Cl)C1. The van der Waals surface area contributed by atoms with Crippen LogP contribution in [0.2, 0.25) is 5.02 Å². The van der Waals surface area contributed by atoms with E-state index < -0.39 is 0 Å². The lowest BCUT2D eigenvalue weighted by atomic mass is 9.97. The number of nitrogens with zero attached hydrogens (tertiary/aromatic N) is 3. The van der Waals surface area contributed by atoms with Crippen LogP contribution in [-0.4, -0.2) is 47.8 Å². The first kappa shape index (κ1) is 20.9. The Morgan fingerprint density at radius 2 is 1.93 bits per heavy atom. The first-order chi connectivity index (χ1) is 14.6. The standard InChI is InChI=1S/C24H28ClN3O2/c1-17-9-7-8-14-27(17)16-24(29)28-22(18-10-3-5-12-20(18)25)15-21(26-28)19-11-4-6-13-23(19)30-2/h3-6,10-13,17,22H,7-9,14-16H2,1-2H3/t17-,22-/m0/s1. The predicted octanol–water partition coefficient (Wildman–Crippen LogP) is 4.90. The summed E-state index contributed by atoms with van der Waals surface area (Å²) >= 11 is 6.52. The summed E-state index contributed by atoms with van der Waals surface area (Å²) in [5.74, 6) is 0.770. The lowest BCUT2D eigenvalue weighted by Crippen LogP contribution is -2.44. The van der Waals surface area contributed by atoms with Crippen LogP contribution < -0.4 is 4.74 Å². The van der Waals surface area contributed by atoms with E-state index in [2.05, 4.69) is 11.8 Å². The Hall–Kier alpha value is -2.37. The van der Waals surface area contributed by atoms with E-state index in [4.69, 9.17) is 21.4 Å². The summed E-state index contributed by atoms with van der Waals surface area (Å²) in [7, 11) is 1.65. The number of carbonyl (C=O) groups excluding carboxylic acids is 1. The number of amides is 1. The predicted molar refractivity (Wildman–Crippen MR) is 120 cm³/mol. The molecule has 0 bridgehead atoms. The number of carbonyl (C=O) groups is 1. The summed E-state index contributed by atoms with van der Waals surface area (Å²) in [4.78, 5) is 15.7. The molecule has 30 heavy (non-hydrogen) atoms. The minimum absolute atomic E-state index is 0.0126. The van der Waals surface area contributed by atoms with Crippen molar-refractivity contribution in [1.82, 2.24) is 9.91 Å². The van der Waals surface area contributed by atoms with Gasteiger partial charge in [0.1, 0.15) is 5.75 Å². The minimum Gasteiger partial charge on any atom is -0.496 e. The number of piperidine rings is 1. The first-order valence-corrected chi connectivity index (χ1v) is 11.0. The molecule has 0 aromatic heterocycles. The van der Waals surface area contributed by atoms with Crippen molar-refractivity contribution in [3.8, 4) is 5.75 Å². The molecule has 0 saturated carbocycles. The van der Waals surface area contributed by atoms with E-state index in [1.54, 1.807) is 12.1 Å². The van der Waals surface area contributed by atoms with Gasteiger partial charge in [-0.05, 0) is 50.1 Å². The monoisotopic (exact) mass is 425 g/mol. The zero-order valence-electron chi connectivity index (χ0n) is 17.6. The van der Waals surface area contributed by atoms with Crippen molar-refractivity contribution in [2.45, 2.75) is 44.7 Å². The first-order valence-electron chi connectivity index (χ1n) is 10.6. The Kier molecular flexibility index (Phi) is 6.40. The summed E-state index contributed by atoms with van der Waals surface area (Å²) in [5.41, 5.74) is 2.68. The lowest BCUT2D eigenvalue weighted by Gasteiger charge is -2.34. The normalized spacial score (nSPS) is 22.1. The third-order valence-corrected chi connectivity index (χ3v) is 6.47. The van der Waals surface area contributed by atoms with Crippen molar-refractivity contribution in [2.24, 2.45) is 5.10 Å². The Labute approximate surface area is 183 Å². The summed E-state index contributed by atoms with van der Waals surface area (Å²) in [5, 5.41) is 7.09. The molecular formula is C24H28ClN3O2. The largest absolute Gasteiger partial charge is 0.496 e. The van der Waals surface area contributed by atoms with Gasteiger partial charge in [-0.3, -0.25) is 9.69 Å². The van der Waals surface area contributed by atoms with E-state index in [0.717, 1.165) is 42.0 Å². The van der Waals surface area contributed by atoms with Gasteiger partial charge in [0.25, 0.3) is 5.91 Å². The van der Waals surface area contributed by atoms with Crippen molar-refractivity contribution in [1.29, 1.82) is 0 Å². The fraction of sp³-hybridized carbons (Fsp3) is 0.417. The van der Waals surface area contributed by atoms with Gasteiger partial charge in [0.05, 0.1) is 25.4 Å². The van der Waals surface area contributed by atoms with Crippen LogP contribution in [0.3, 0.4) is 0 Å². The summed E-state index contributed by atoms with van der Waals surface area (Å²) < 4.78 is 5.54. The molecule has 0 spiro atoms. The average Bonchev–Trinajstić information content (AvgIpc) is 3.21. The van der Waals surface area contributed by atoms with Gasteiger partial charge in [0, 0.05) is 23.0 Å². The zero-order valence-corrected chi connectivity index (χ0v) is 18.3. The van der Waals surface area contributed by atoms with Gasteiger partial charge in [-0.25, -0.2) is 5.01 Å². The van der Waals surface area contributed by atoms with Crippen LogP contribution >= 0.6 is 11.6 Å². The van der Waals surface area contributed by atoms with Crippen LogP contribution in [0.25, 0.3) is 0 Å². The summed E-state index contributed by atoms with van der Waals surface area (Å²) in [6.45, 7) is 3.54. The number of hydrazone groups is 1. The molecule has 6 heteroatoms. The van der Waals surface area contributed by atoms with Crippen molar-refractivity contribution >= 4 is 23.2 Å². The maximum absolute atomic E-state index is 13.4. The van der Waals surface area contributed by atoms with Crippen LogP contribution in [0.4, 0.5) is 0 Å². The number of rotatable bonds is 5. The quantitative estimate of drug-likeness (QED) is 0.684. The van der Waals surface area contributed by atoms with Gasteiger partial charge in [-0.1, -0.05) is 48.4 Å². The molecule has 2 atom stereocenters. The van der Waals surface area contributed by atoms with Gasteiger partial charge < -0.3 is 4.74 Å². The molecule has 0 N–H and O–H groups in total. The molecule has 0 unspecified atom stereocenters. The summed E-state index contributed by atoms with van der Waals surface area (Å²) in [6.07, 6.45) is 4.11. The Balaban J connectivity index is 1.66. The molecule has 5 nitrogen and oxygen atoms in total. The number of likely N-dealkylation sites (tertiary alicyclic amines) is 1. The van der Waals surface area contributed by atoms with Gasteiger partial charge in [-0.2, -0.15) is 5.10 Å². The van der Waals surface area contributed by atoms with E-state index in [-0.39, 0.29) is 11.9 Å². The smallest absolute Gasteiger partial charge is 0.257 e. The van der Waals surface area contributed by atoms with Crippen molar-refractivity contribution in [3.05, 3.63) is 64.7 Å². The second-order valence-corrected chi connectivity index (χ2v) is 8.45. The number of ether oxygens (including phenoxy) is 1. The maximum Gasteiger partial charge on any atom is 0.257 e. The van der Waals surface area contributed by atoms with Crippen molar-refractivity contribution < 1.29 is 9.53 Å². The highest BCUT2D eigenvalue weighted by molar-refractivity contribution is 6.31. The highest BCUT2D eigenvalue weighted by Crippen LogP contribution is 2.38. The fourth-order valence-electron chi connectivity index (χ4n) is 4.41. The Morgan fingerprint density at radius 1 is 1.17 bits per heavy atom. The number of halogens is 1. The third-order valence-electron chi connectivity index (χ3n) is 6.13. The lowest BCUT2D eigenvalue weighted by molar-refractivity contribution is -0.135. The average molecular weight is 426 g/mol. The maximum atomic E-state index is 13.4. The molecule has 1 amide bonds. The van der Waals surface area contributed by atoms with E-state index in [9.17, 15) is 4.79 Å². The van der Waals surface area contributed by atoms with E-state index >= 15 is 0 Å². The van der Waals surface area contributed by atoms with E-state index in [1.165, 1.54) is 6.42 Å². The van der Waals surface area contributed by atoms with Gasteiger partial charge in [0.15, 0.2) is 0 Å². The van der Waals surface area contributed by atoms with E-state index in [0.29, 0.717) is 24.0 Å². The third kappa shape index (κ3) is 4.23. The molecule has 1 fully saturated rings. The topological polar surface area (TPSA) is 45.1 Å². The van der Waals surface area contributed by atoms with Crippen LogP contribution in [0.5, 0.6) is 5.75 Å². The molecule has 2 aliphatic heterocycles. The van der Waals surface area contributed by atoms with Crippen molar-refractivity contribution in [3.63, 3.8) is 0 Å². The Morgan fingerprint density at radius 3 is 2.70 bits per heavy atom. The summed E-state index contributed by atoms with van der Waals surface area (Å²) in [6, 6.07) is 15.7. The van der Waals surface area contributed by atoms with E-state index in [1.807, 2.05) is 48.5 Å². The van der Waals surface area contributed by atoms with Crippen LogP contribution in [0.1, 0.15) is 49.8 Å². The van der Waals surface area contributed by atoms with Gasteiger partial charge in [-0.15, -0.1) is 0 Å². The molecule has 158 valence electrons. The molecule has 4 rings (SSSR count).